The number of hydrogen-bond donors (Lipinski definition) is 1. The van der Waals surface area contributed by atoms with Crippen LogP contribution in [-0.2, 0) is 27.8 Å². The summed E-state index contributed by atoms with van der Waals surface area (Å²) >= 11 is 0. The van der Waals surface area contributed by atoms with Gasteiger partial charge in [-0.05, 0) is 73.4 Å². The molecule has 1 N–H and O–H groups in total. The number of nitrogens with one attached hydrogen (secondary N) is 1. The van der Waals surface area contributed by atoms with Crippen molar-refractivity contribution in [2.75, 3.05) is 13.7 Å². The summed E-state index contributed by atoms with van der Waals surface area (Å²) in [5.41, 5.74) is 4.00. The van der Waals surface area contributed by atoms with Crippen LogP contribution >= 0.6 is 0 Å². The third-order valence-electron chi connectivity index (χ3n) is 6.15. The summed E-state index contributed by atoms with van der Waals surface area (Å²) in [6.07, 6.45) is 0.724. The van der Waals surface area contributed by atoms with Gasteiger partial charge < -0.3 is 10.1 Å². The molecule has 0 saturated carbocycles. The Morgan fingerprint density at radius 3 is 2.11 bits per heavy atom. The molecular formula is C28H28N2O5S. The molecule has 4 rings (SSSR count). The number of methoxy groups -OCH3 is 1. The van der Waals surface area contributed by atoms with Gasteiger partial charge in [-0.1, -0.05) is 42.0 Å². The first-order valence-electron chi connectivity index (χ1n) is 11.6. The predicted octanol–water partition coefficient (Wildman–Crippen LogP) is 4.08. The van der Waals surface area contributed by atoms with Gasteiger partial charge in [0, 0.05) is 17.7 Å². The van der Waals surface area contributed by atoms with Crippen LogP contribution in [0.2, 0.25) is 0 Å². The molecule has 0 spiro atoms. The molecule has 1 aliphatic heterocycles. The van der Waals surface area contributed by atoms with Gasteiger partial charge in [0.2, 0.25) is 0 Å². The Kier molecular flexibility index (Phi) is 7.26. The van der Waals surface area contributed by atoms with Crippen molar-refractivity contribution in [3.05, 3.63) is 106 Å². The van der Waals surface area contributed by atoms with E-state index in [1.807, 2.05) is 31.2 Å². The molecule has 3 aromatic rings. The van der Waals surface area contributed by atoms with E-state index in [-0.39, 0.29) is 22.9 Å². The van der Waals surface area contributed by atoms with Crippen LogP contribution in [0.1, 0.15) is 39.5 Å². The van der Waals surface area contributed by atoms with Gasteiger partial charge in [-0.3, -0.25) is 9.59 Å². The molecule has 0 radical (unpaired) electrons. The van der Waals surface area contributed by atoms with E-state index in [1.54, 1.807) is 48.5 Å². The highest BCUT2D eigenvalue weighted by Crippen LogP contribution is 2.37. The van der Waals surface area contributed by atoms with Crippen molar-refractivity contribution >= 4 is 26.7 Å². The van der Waals surface area contributed by atoms with Crippen LogP contribution in [0, 0.1) is 6.92 Å². The maximum Gasteiger partial charge on any atom is 0.268 e. The van der Waals surface area contributed by atoms with Crippen LogP contribution in [0.15, 0.2) is 78.4 Å². The minimum atomic E-state index is -4.02. The van der Waals surface area contributed by atoms with Gasteiger partial charge in [-0.2, -0.15) is 0 Å². The summed E-state index contributed by atoms with van der Waals surface area (Å²) in [4.78, 5) is 25.4. The average Bonchev–Trinajstić information content (AvgIpc) is 3.04. The second-order valence-electron chi connectivity index (χ2n) is 8.69. The summed E-state index contributed by atoms with van der Waals surface area (Å²) in [6, 6.07) is 21.3. The zero-order valence-corrected chi connectivity index (χ0v) is 21.3. The zero-order valence-electron chi connectivity index (χ0n) is 20.4. The Hall–Kier alpha value is -3.91. The molecule has 0 fully saturated rings. The fraction of sp³-hybridized carbons (Fsp3) is 0.214. The number of carbonyl (C=O) groups is 2. The summed E-state index contributed by atoms with van der Waals surface area (Å²) in [5.74, 6) is -0.175. The maximum absolute atomic E-state index is 13.3. The SMILES string of the molecule is COc1ccc(C2=C(C)C(=O)N(Cc3ccc(C(=O)NCCc4ccc(C)cc4)cc3)S2(=O)=O)cc1. The van der Waals surface area contributed by atoms with Gasteiger partial charge in [0.1, 0.15) is 10.7 Å². The van der Waals surface area contributed by atoms with Gasteiger partial charge in [0.15, 0.2) is 0 Å². The van der Waals surface area contributed by atoms with Gasteiger partial charge in [0.25, 0.3) is 21.8 Å². The van der Waals surface area contributed by atoms with Gasteiger partial charge in [0.05, 0.1) is 13.7 Å². The molecule has 0 aromatic heterocycles. The first-order chi connectivity index (χ1) is 17.2. The lowest BCUT2D eigenvalue weighted by atomic mass is 10.1. The van der Waals surface area contributed by atoms with Crippen LogP contribution < -0.4 is 10.1 Å². The van der Waals surface area contributed by atoms with Crippen molar-refractivity contribution in [3.8, 4) is 5.75 Å². The zero-order chi connectivity index (χ0) is 25.9. The molecule has 8 heteroatoms. The van der Waals surface area contributed by atoms with Crippen molar-refractivity contribution in [2.45, 2.75) is 26.8 Å². The summed E-state index contributed by atoms with van der Waals surface area (Å²) in [7, 11) is -2.50. The molecule has 0 unspecified atom stereocenters. The molecule has 1 aliphatic rings. The van der Waals surface area contributed by atoms with Crippen molar-refractivity contribution in [1.29, 1.82) is 0 Å². The number of ether oxygens (including phenoxy) is 1. The predicted molar refractivity (Wildman–Crippen MR) is 139 cm³/mol. The lowest BCUT2D eigenvalue weighted by molar-refractivity contribution is -0.122. The highest BCUT2D eigenvalue weighted by molar-refractivity contribution is 7.99. The fourth-order valence-corrected chi connectivity index (χ4v) is 5.87. The van der Waals surface area contributed by atoms with Crippen LogP contribution in [0.4, 0.5) is 0 Å². The van der Waals surface area contributed by atoms with Crippen molar-refractivity contribution in [3.63, 3.8) is 0 Å². The number of benzene rings is 3. The molecule has 0 saturated heterocycles. The van der Waals surface area contributed by atoms with Crippen LogP contribution in [0.5, 0.6) is 5.75 Å². The van der Waals surface area contributed by atoms with Gasteiger partial charge >= 0.3 is 0 Å². The molecule has 3 aromatic carbocycles. The molecular weight excluding hydrogens is 476 g/mol. The Bertz CT molecular complexity index is 1410. The first-order valence-corrected chi connectivity index (χ1v) is 13.0. The monoisotopic (exact) mass is 504 g/mol. The van der Waals surface area contributed by atoms with E-state index in [2.05, 4.69) is 5.32 Å². The largest absolute Gasteiger partial charge is 0.497 e. The molecule has 1 heterocycles. The molecule has 2 amide bonds. The summed E-state index contributed by atoms with van der Waals surface area (Å²) < 4.78 is 32.5. The van der Waals surface area contributed by atoms with E-state index in [0.717, 1.165) is 16.3 Å². The first kappa shape index (κ1) is 25.2. The van der Waals surface area contributed by atoms with Crippen molar-refractivity contribution in [2.24, 2.45) is 0 Å². The summed E-state index contributed by atoms with van der Waals surface area (Å²) in [5, 5.41) is 2.90. The lowest BCUT2D eigenvalue weighted by Gasteiger charge is -2.17. The topological polar surface area (TPSA) is 92.8 Å². The number of hydrogen-bond acceptors (Lipinski definition) is 5. The molecule has 0 aliphatic carbocycles. The van der Waals surface area contributed by atoms with Gasteiger partial charge in [-0.15, -0.1) is 0 Å². The number of aryl methyl sites for hydroxylation is 1. The number of rotatable bonds is 8. The van der Waals surface area contributed by atoms with Crippen LogP contribution in [0.3, 0.4) is 0 Å². The number of nitrogens with zero attached hydrogens (tertiary/aromatic N) is 1. The molecule has 7 nitrogen and oxygen atoms in total. The smallest absolute Gasteiger partial charge is 0.268 e. The van der Waals surface area contributed by atoms with E-state index in [1.165, 1.54) is 19.6 Å². The van der Waals surface area contributed by atoms with Crippen LogP contribution in [0.25, 0.3) is 4.91 Å². The second-order valence-corrected chi connectivity index (χ2v) is 10.5. The van der Waals surface area contributed by atoms with E-state index < -0.39 is 15.9 Å². The molecule has 186 valence electrons. The van der Waals surface area contributed by atoms with E-state index in [0.29, 0.717) is 29.0 Å². The van der Waals surface area contributed by atoms with Gasteiger partial charge in [-0.25, -0.2) is 12.7 Å². The highest BCUT2D eigenvalue weighted by Gasteiger charge is 2.42. The summed E-state index contributed by atoms with van der Waals surface area (Å²) in [6.45, 7) is 3.93. The molecule has 0 bridgehead atoms. The minimum Gasteiger partial charge on any atom is -0.497 e. The van der Waals surface area contributed by atoms with Crippen molar-refractivity contribution in [1.82, 2.24) is 9.62 Å². The van der Waals surface area contributed by atoms with E-state index in [4.69, 9.17) is 4.74 Å². The second kappa shape index (κ2) is 10.4. The van der Waals surface area contributed by atoms with E-state index >= 15 is 0 Å². The maximum atomic E-state index is 13.3. The fourth-order valence-electron chi connectivity index (χ4n) is 4.07. The lowest BCUT2D eigenvalue weighted by Crippen LogP contribution is -2.31. The Labute approximate surface area is 211 Å². The van der Waals surface area contributed by atoms with Crippen LogP contribution in [-0.4, -0.2) is 38.2 Å². The Morgan fingerprint density at radius 2 is 1.50 bits per heavy atom. The average molecular weight is 505 g/mol. The molecule has 36 heavy (non-hydrogen) atoms. The Morgan fingerprint density at radius 1 is 0.889 bits per heavy atom. The minimum absolute atomic E-state index is 0.000252. The molecule has 0 atom stereocenters. The number of amides is 2. The third-order valence-corrected chi connectivity index (χ3v) is 8.08. The van der Waals surface area contributed by atoms with E-state index in [9.17, 15) is 18.0 Å². The van der Waals surface area contributed by atoms with Crippen molar-refractivity contribution < 1.29 is 22.7 Å². The third kappa shape index (κ3) is 5.18. The quantitative estimate of drug-likeness (QED) is 0.499. The number of sulfonamides is 1. The number of carbonyl (C=O) groups excluding carboxylic acids is 2. The Balaban J connectivity index is 1.41. The standard InChI is InChI=1S/C28H28N2O5S/c1-19-4-6-21(7-5-19)16-17-29-27(31)24-10-8-22(9-11-24)18-30-28(32)20(2)26(36(30,33)34)23-12-14-25(35-3)15-13-23/h4-15H,16-18H2,1-3H3,(H,29,31). The highest BCUT2D eigenvalue weighted by atomic mass is 32.2. The normalized spacial score (nSPS) is 14.8.